The number of fused-ring (bicyclic) bond motifs is 1. The van der Waals surface area contributed by atoms with E-state index >= 15 is 0 Å². The number of hydrogen-bond donors (Lipinski definition) is 2. The van der Waals surface area contributed by atoms with E-state index < -0.39 is 0 Å². The standard InChI is InChI=1S/C21H27N5O3/c27-19-8-7-16(13-22-19)21(29)23-14-17-5-1-2-9-25(17)10-11-26-20(28)12-15-4-3-6-18(15)24-26/h7-8,12-13,17H,1-6,9-11,14H2,(H,22,27)(H,23,29). The van der Waals surface area contributed by atoms with E-state index in [2.05, 4.69) is 20.3 Å². The first kappa shape index (κ1) is 19.6. The summed E-state index contributed by atoms with van der Waals surface area (Å²) in [7, 11) is 0. The van der Waals surface area contributed by atoms with Crippen LogP contribution in [0.15, 0.2) is 34.0 Å². The maximum absolute atomic E-state index is 12.3. The molecular weight excluding hydrogens is 370 g/mol. The fraction of sp³-hybridized carbons (Fsp3) is 0.524. The highest BCUT2D eigenvalue weighted by molar-refractivity contribution is 5.93. The number of piperidine rings is 1. The molecule has 1 unspecified atom stereocenters. The van der Waals surface area contributed by atoms with Gasteiger partial charge in [-0.15, -0.1) is 0 Å². The van der Waals surface area contributed by atoms with E-state index in [0.29, 0.717) is 18.7 Å². The van der Waals surface area contributed by atoms with Crippen LogP contribution in [0, 0.1) is 0 Å². The zero-order chi connectivity index (χ0) is 20.2. The largest absolute Gasteiger partial charge is 0.350 e. The van der Waals surface area contributed by atoms with Crippen molar-refractivity contribution in [2.75, 3.05) is 19.6 Å². The number of aromatic nitrogens is 3. The molecule has 29 heavy (non-hydrogen) atoms. The number of aromatic amines is 1. The molecule has 1 aliphatic carbocycles. The third-order valence-electron chi connectivity index (χ3n) is 5.92. The normalized spacial score (nSPS) is 19.1. The Morgan fingerprint density at radius 1 is 1.17 bits per heavy atom. The Balaban J connectivity index is 1.35. The fourth-order valence-electron chi connectivity index (χ4n) is 4.27. The highest BCUT2D eigenvalue weighted by Gasteiger charge is 2.23. The number of amides is 1. The van der Waals surface area contributed by atoms with Crippen LogP contribution in [0.2, 0.25) is 0 Å². The summed E-state index contributed by atoms with van der Waals surface area (Å²) in [6, 6.07) is 4.86. The molecule has 1 fully saturated rings. The Morgan fingerprint density at radius 3 is 2.90 bits per heavy atom. The van der Waals surface area contributed by atoms with E-state index in [-0.39, 0.29) is 23.1 Å². The highest BCUT2D eigenvalue weighted by Crippen LogP contribution is 2.18. The molecular formula is C21H27N5O3. The lowest BCUT2D eigenvalue weighted by Crippen LogP contribution is -2.48. The van der Waals surface area contributed by atoms with Crippen molar-refractivity contribution in [3.05, 3.63) is 61.9 Å². The summed E-state index contributed by atoms with van der Waals surface area (Å²) in [6.07, 6.45) is 7.69. The smallest absolute Gasteiger partial charge is 0.267 e. The molecule has 2 aromatic heterocycles. The molecule has 8 nitrogen and oxygen atoms in total. The number of carbonyl (C=O) groups excluding carboxylic acids is 1. The van der Waals surface area contributed by atoms with Gasteiger partial charge in [0.15, 0.2) is 0 Å². The average molecular weight is 397 g/mol. The maximum atomic E-state index is 12.3. The molecule has 1 aliphatic heterocycles. The summed E-state index contributed by atoms with van der Waals surface area (Å²) >= 11 is 0. The number of H-pyrrole nitrogens is 1. The van der Waals surface area contributed by atoms with Crippen molar-refractivity contribution in [3.8, 4) is 0 Å². The van der Waals surface area contributed by atoms with E-state index in [9.17, 15) is 14.4 Å². The van der Waals surface area contributed by atoms with Gasteiger partial charge in [-0.1, -0.05) is 6.42 Å². The number of pyridine rings is 1. The predicted octanol–water partition coefficient (Wildman–Crippen LogP) is 0.705. The van der Waals surface area contributed by atoms with Crippen LogP contribution in [-0.4, -0.2) is 51.2 Å². The molecule has 154 valence electrons. The summed E-state index contributed by atoms with van der Waals surface area (Å²) < 4.78 is 1.59. The topological polar surface area (TPSA) is 100 Å². The van der Waals surface area contributed by atoms with Gasteiger partial charge in [0.1, 0.15) is 0 Å². The first-order valence-corrected chi connectivity index (χ1v) is 10.4. The number of carbonyl (C=O) groups is 1. The number of hydrogen-bond acceptors (Lipinski definition) is 5. The summed E-state index contributed by atoms with van der Waals surface area (Å²) in [5.41, 5.74) is 2.36. The molecule has 1 atom stereocenters. The third-order valence-corrected chi connectivity index (χ3v) is 5.92. The second-order valence-corrected chi connectivity index (χ2v) is 7.87. The van der Waals surface area contributed by atoms with Crippen LogP contribution in [0.3, 0.4) is 0 Å². The van der Waals surface area contributed by atoms with Crippen LogP contribution in [-0.2, 0) is 19.4 Å². The molecule has 2 aromatic rings. The molecule has 2 aliphatic rings. The van der Waals surface area contributed by atoms with Crippen molar-refractivity contribution in [2.45, 2.75) is 51.1 Å². The number of nitrogens with zero attached hydrogens (tertiary/aromatic N) is 3. The summed E-state index contributed by atoms with van der Waals surface area (Å²) in [4.78, 5) is 40.7. The third kappa shape index (κ3) is 4.64. The lowest BCUT2D eigenvalue weighted by Gasteiger charge is -2.35. The second-order valence-electron chi connectivity index (χ2n) is 7.87. The van der Waals surface area contributed by atoms with Crippen LogP contribution in [0.1, 0.15) is 47.3 Å². The van der Waals surface area contributed by atoms with Crippen molar-refractivity contribution in [1.82, 2.24) is 25.0 Å². The number of aryl methyl sites for hydroxylation is 2. The Morgan fingerprint density at radius 2 is 2.07 bits per heavy atom. The van der Waals surface area contributed by atoms with Gasteiger partial charge in [-0.05, 0) is 50.3 Å². The quantitative estimate of drug-likeness (QED) is 0.748. The van der Waals surface area contributed by atoms with Gasteiger partial charge in [0, 0.05) is 37.5 Å². The minimum absolute atomic E-state index is 0.0226. The molecule has 1 amide bonds. The summed E-state index contributed by atoms with van der Waals surface area (Å²) in [6.45, 7) is 2.81. The number of rotatable bonds is 6. The number of likely N-dealkylation sites (tertiary alicyclic amines) is 1. The summed E-state index contributed by atoms with van der Waals surface area (Å²) in [5, 5.41) is 7.54. The van der Waals surface area contributed by atoms with Crippen LogP contribution < -0.4 is 16.4 Å². The Bertz CT molecular complexity index is 976. The van der Waals surface area contributed by atoms with Gasteiger partial charge in [0.25, 0.3) is 11.5 Å². The van der Waals surface area contributed by atoms with E-state index in [1.54, 1.807) is 10.7 Å². The van der Waals surface area contributed by atoms with Gasteiger partial charge in [-0.3, -0.25) is 19.3 Å². The molecule has 3 heterocycles. The molecule has 0 bridgehead atoms. The second kappa shape index (κ2) is 8.73. The van der Waals surface area contributed by atoms with Gasteiger partial charge in [0.2, 0.25) is 5.56 Å². The minimum atomic E-state index is -0.226. The van der Waals surface area contributed by atoms with Crippen molar-refractivity contribution >= 4 is 5.91 Å². The molecule has 1 saturated heterocycles. The van der Waals surface area contributed by atoms with Gasteiger partial charge in [0.05, 0.1) is 17.8 Å². The number of nitrogens with one attached hydrogen (secondary N) is 2. The van der Waals surface area contributed by atoms with Gasteiger partial charge >= 0.3 is 0 Å². The van der Waals surface area contributed by atoms with E-state index in [1.165, 1.54) is 18.3 Å². The molecule has 0 saturated carbocycles. The average Bonchev–Trinajstić information content (AvgIpc) is 3.18. The SMILES string of the molecule is O=C(NCC1CCCCN1CCn1nc2c(cc1=O)CCC2)c1ccc(=O)[nH]c1. The van der Waals surface area contributed by atoms with E-state index in [4.69, 9.17) is 0 Å². The Kier molecular flexibility index (Phi) is 5.89. The molecule has 2 N–H and O–H groups in total. The van der Waals surface area contributed by atoms with E-state index in [0.717, 1.165) is 62.9 Å². The van der Waals surface area contributed by atoms with Gasteiger partial charge in [-0.25, -0.2) is 4.68 Å². The van der Waals surface area contributed by atoms with Gasteiger partial charge < -0.3 is 10.3 Å². The fourth-order valence-corrected chi connectivity index (χ4v) is 4.27. The first-order chi connectivity index (χ1) is 14.1. The zero-order valence-corrected chi connectivity index (χ0v) is 16.5. The first-order valence-electron chi connectivity index (χ1n) is 10.4. The molecule has 0 radical (unpaired) electrons. The molecule has 0 spiro atoms. The Labute approximate surface area is 168 Å². The monoisotopic (exact) mass is 397 g/mol. The zero-order valence-electron chi connectivity index (χ0n) is 16.5. The summed E-state index contributed by atoms with van der Waals surface area (Å²) in [5.74, 6) is -0.191. The lowest BCUT2D eigenvalue weighted by molar-refractivity contribution is 0.0908. The Hall–Kier alpha value is -2.74. The molecule has 8 heteroatoms. The maximum Gasteiger partial charge on any atom is 0.267 e. The molecule has 0 aromatic carbocycles. The van der Waals surface area contributed by atoms with Crippen molar-refractivity contribution in [2.24, 2.45) is 0 Å². The van der Waals surface area contributed by atoms with Crippen molar-refractivity contribution in [3.63, 3.8) is 0 Å². The van der Waals surface area contributed by atoms with E-state index in [1.807, 2.05) is 0 Å². The van der Waals surface area contributed by atoms with Crippen molar-refractivity contribution in [1.29, 1.82) is 0 Å². The minimum Gasteiger partial charge on any atom is -0.350 e. The van der Waals surface area contributed by atoms with Crippen LogP contribution in [0.4, 0.5) is 0 Å². The predicted molar refractivity (Wildman–Crippen MR) is 109 cm³/mol. The van der Waals surface area contributed by atoms with Crippen LogP contribution in [0.5, 0.6) is 0 Å². The molecule has 4 rings (SSSR count). The van der Waals surface area contributed by atoms with Crippen LogP contribution in [0.25, 0.3) is 0 Å². The van der Waals surface area contributed by atoms with Crippen molar-refractivity contribution < 1.29 is 4.79 Å². The highest BCUT2D eigenvalue weighted by atomic mass is 16.2. The lowest BCUT2D eigenvalue weighted by atomic mass is 10.0. The van der Waals surface area contributed by atoms with Gasteiger partial charge in [-0.2, -0.15) is 5.10 Å². The van der Waals surface area contributed by atoms with Crippen LogP contribution >= 0.6 is 0 Å².